The maximum Gasteiger partial charge on any atom is 0.330 e. The number of imide groups is 1. The Morgan fingerprint density at radius 1 is 1.44 bits per heavy atom. The summed E-state index contributed by atoms with van der Waals surface area (Å²) in [7, 11) is 0. The molecule has 0 aromatic heterocycles. The van der Waals surface area contributed by atoms with E-state index in [4.69, 9.17) is 5.11 Å². The van der Waals surface area contributed by atoms with E-state index in [0.29, 0.717) is 6.42 Å². The van der Waals surface area contributed by atoms with E-state index in [0.717, 1.165) is 25.7 Å². The number of carbonyl (C=O) groups excluding carboxylic acids is 2. The van der Waals surface area contributed by atoms with Crippen LogP contribution in [0.4, 0.5) is 0 Å². The van der Waals surface area contributed by atoms with Gasteiger partial charge in [-0.15, -0.1) is 0 Å². The summed E-state index contributed by atoms with van der Waals surface area (Å²) in [5.74, 6) is -1.16. The Morgan fingerprint density at radius 2 is 2.00 bits per heavy atom. The number of carboxylic acids is 1. The summed E-state index contributed by atoms with van der Waals surface area (Å²) < 4.78 is 0. The van der Waals surface area contributed by atoms with Crippen molar-refractivity contribution in [3.8, 4) is 0 Å². The summed E-state index contributed by atoms with van der Waals surface area (Å²) in [6.45, 7) is 6.73. The molecule has 1 aliphatic rings. The van der Waals surface area contributed by atoms with Gasteiger partial charge in [0.05, 0.1) is 0 Å². The van der Waals surface area contributed by atoms with Gasteiger partial charge in [-0.3, -0.25) is 14.9 Å². The van der Waals surface area contributed by atoms with E-state index < -0.39 is 5.97 Å². The van der Waals surface area contributed by atoms with Crippen LogP contribution in [0.1, 0.15) is 46.0 Å². The molecule has 2 amide bonds. The molecule has 1 heterocycles. The summed E-state index contributed by atoms with van der Waals surface area (Å²) >= 11 is 0. The molecule has 1 rings (SSSR count). The van der Waals surface area contributed by atoms with Gasteiger partial charge in [-0.05, 0) is 13.3 Å². The molecule has 0 bridgehead atoms. The van der Waals surface area contributed by atoms with Crippen molar-refractivity contribution in [2.45, 2.75) is 46.0 Å². The molecule has 5 heteroatoms. The van der Waals surface area contributed by atoms with Gasteiger partial charge < -0.3 is 5.11 Å². The van der Waals surface area contributed by atoms with E-state index in [1.165, 1.54) is 6.92 Å². The van der Waals surface area contributed by atoms with Crippen LogP contribution in [0.25, 0.3) is 0 Å². The number of carbonyl (C=O) groups is 3. The molecule has 0 aliphatic carbocycles. The van der Waals surface area contributed by atoms with Crippen molar-refractivity contribution in [3.63, 3.8) is 0 Å². The topological polar surface area (TPSA) is 83.5 Å². The molecule has 1 unspecified atom stereocenters. The second-order valence-electron chi connectivity index (χ2n) is 4.39. The summed E-state index contributed by atoms with van der Waals surface area (Å²) in [6.07, 6.45) is 4.64. The lowest BCUT2D eigenvalue weighted by molar-refractivity contribution is -0.132. The highest BCUT2D eigenvalue weighted by Gasteiger charge is 2.29. The Hall–Kier alpha value is -1.65. The molecule has 1 saturated heterocycles. The maximum atomic E-state index is 11.0. The van der Waals surface area contributed by atoms with Crippen LogP contribution < -0.4 is 5.32 Å². The van der Waals surface area contributed by atoms with Crippen molar-refractivity contribution < 1.29 is 19.5 Å². The Bertz CT molecular complexity index is 324. The van der Waals surface area contributed by atoms with Crippen molar-refractivity contribution in [3.05, 3.63) is 12.2 Å². The van der Waals surface area contributed by atoms with Gasteiger partial charge in [0.1, 0.15) is 0 Å². The number of carboxylic acid groups (broad SMARTS) is 1. The molecule has 0 saturated carbocycles. The second kappa shape index (κ2) is 8.44. The lowest BCUT2D eigenvalue weighted by Gasteiger charge is -2.03. The third kappa shape index (κ3) is 6.83. The first-order valence-corrected chi connectivity index (χ1v) is 6.11. The van der Waals surface area contributed by atoms with Crippen molar-refractivity contribution in [1.82, 2.24) is 5.32 Å². The van der Waals surface area contributed by atoms with Gasteiger partial charge in [-0.1, -0.05) is 32.8 Å². The minimum absolute atomic E-state index is 0.0379. The standard InChI is InChI=1S/C9H15NO2.C4H6O2/c1-2-3-4-5-7-6-8(11)10-9(7)12;1-3(2)4(5)6/h7H,2-6H2,1H3,(H,10,11,12);1H2,2H3,(H,5,6). The van der Waals surface area contributed by atoms with Crippen LogP contribution in [0.2, 0.25) is 0 Å². The molecule has 0 aromatic rings. The average Bonchev–Trinajstić information content (AvgIpc) is 2.58. The van der Waals surface area contributed by atoms with Crippen LogP contribution in [-0.2, 0) is 14.4 Å². The van der Waals surface area contributed by atoms with Gasteiger partial charge in [-0.2, -0.15) is 0 Å². The molecule has 2 N–H and O–H groups in total. The first kappa shape index (κ1) is 16.4. The normalized spacial score (nSPS) is 17.8. The van der Waals surface area contributed by atoms with E-state index in [2.05, 4.69) is 18.8 Å². The summed E-state index contributed by atoms with van der Waals surface area (Å²) in [4.78, 5) is 31.4. The Kier molecular flexibility index (Phi) is 7.67. The molecular weight excluding hydrogens is 234 g/mol. The fraction of sp³-hybridized carbons (Fsp3) is 0.615. The van der Waals surface area contributed by atoms with Gasteiger partial charge >= 0.3 is 5.97 Å². The van der Waals surface area contributed by atoms with Crippen molar-refractivity contribution >= 4 is 17.8 Å². The number of hydrogen-bond acceptors (Lipinski definition) is 3. The van der Waals surface area contributed by atoms with E-state index in [-0.39, 0.29) is 23.3 Å². The number of nitrogens with one attached hydrogen (secondary N) is 1. The van der Waals surface area contributed by atoms with Crippen molar-refractivity contribution in [2.24, 2.45) is 5.92 Å². The zero-order valence-electron chi connectivity index (χ0n) is 11.0. The number of unbranched alkanes of at least 4 members (excludes halogenated alkanes) is 2. The molecule has 102 valence electrons. The smallest absolute Gasteiger partial charge is 0.330 e. The lowest BCUT2D eigenvalue weighted by atomic mass is 10.00. The Balaban J connectivity index is 0.000000411. The second-order valence-corrected chi connectivity index (χ2v) is 4.39. The monoisotopic (exact) mass is 255 g/mol. The van der Waals surface area contributed by atoms with E-state index in [9.17, 15) is 14.4 Å². The molecule has 5 nitrogen and oxygen atoms in total. The predicted molar refractivity (Wildman–Crippen MR) is 67.8 cm³/mol. The highest BCUT2D eigenvalue weighted by atomic mass is 16.4. The molecule has 0 spiro atoms. The highest BCUT2D eigenvalue weighted by Crippen LogP contribution is 2.18. The van der Waals surface area contributed by atoms with Gasteiger partial charge in [0.2, 0.25) is 11.8 Å². The molecule has 18 heavy (non-hydrogen) atoms. The number of hydrogen-bond donors (Lipinski definition) is 2. The van der Waals surface area contributed by atoms with E-state index >= 15 is 0 Å². The van der Waals surface area contributed by atoms with Crippen LogP contribution in [0.15, 0.2) is 12.2 Å². The van der Waals surface area contributed by atoms with Crippen LogP contribution >= 0.6 is 0 Å². The molecule has 1 aliphatic heterocycles. The highest BCUT2D eigenvalue weighted by molar-refractivity contribution is 6.03. The summed E-state index contributed by atoms with van der Waals surface area (Å²) in [5.41, 5.74) is 0.176. The van der Waals surface area contributed by atoms with Crippen LogP contribution in [0.3, 0.4) is 0 Å². The largest absolute Gasteiger partial charge is 0.478 e. The lowest BCUT2D eigenvalue weighted by Crippen LogP contribution is -2.21. The Morgan fingerprint density at radius 3 is 2.33 bits per heavy atom. The maximum absolute atomic E-state index is 11.0. The molecule has 0 radical (unpaired) electrons. The quantitative estimate of drug-likeness (QED) is 0.446. The van der Waals surface area contributed by atoms with Crippen LogP contribution in [0.5, 0.6) is 0 Å². The van der Waals surface area contributed by atoms with E-state index in [1.807, 2.05) is 0 Å². The van der Waals surface area contributed by atoms with Gasteiger partial charge in [0, 0.05) is 17.9 Å². The summed E-state index contributed by atoms with van der Waals surface area (Å²) in [6, 6.07) is 0. The van der Waals surface area contributed by atoms with Crippen molar-refractivity contribution in [1.29, 1.82) is 0 Å². The molecule has 1 atom stereocenters. The number of amides is 2. The van der Waals surface area contributed by atoms with Gasteiger partial charge in [0.15, 0.2) is 0 Å². The fourth-order valence-corrected chi connectivity index (χ4v) is 1.48. The minimum atomic E-state index is -0.935. The van der Waals surface area contributed by atoms with Crippen LogP contribution in [-0.4, -0.2) is 22.9 Å². The summed E-state index contributed by atoms with van der Waals surface area (Å²) in [5, 5.41) is 10.2. The first-order valence-electron chi connectivity index (χ1n) is 6.11. The third-order valence-corrected chi connectivity index (χ3v) is 2.59. The van der Waals surface area contributed by atoms with Gasteiger partial charge in [0.25, 0.3) is 0 Å². The zero-order valence-corrected chi connectivity index (χ0v) is 11.0. The SMILES string of the molecule is C=C(C)C(=O)O.CCCCCC1CC(=O)NC1=O. The molecule has 1 fully saturated rings. The molecule has 0 aromatic carbocycles. The average molecular weight is 255 g/mol. The fourth-order valence-electron chi connectivity index (χ4n) is 1.48. The first-order chi connectivity index (χ1) is 8.38. The predicted octanol–water partition coefficient (Wildman–Crippen LogP) is 1.88. The van der Waals surface area contributed by atoms with E-state index in [1.54, 1.807) is 0 Å². The Labute approximate surface area is 107 Å². The van der Waals surface area contributed by atoms with Crippen LogP contribution in [0, 0.1) is 5.92 Å². The number of rotatable bonds is 5. The zero-order chi connectivity index (χ0) is 14.1. The number of aliphatic carboxylic acids is 1. The minimum Gasteiger partial charge on any atom is -0.478 e. The third-order valence-electron chi connectivity index (χ3n) is 2.59. The van der Waals surface area contributed by atoms with Gasteiger partial charge in [-0.25, -0.2) is 4.79 Å². The van der Waals surface area contributed by atoms with Crippen molar-refractivity contribution in [2.75, 3.05) is 0 Å². The molecular formula is C13H21NO4.